The maximum absolute atomic E-state index is 15.4. The fourth-order valence-corrected chi connectivity index (χ4v) is 5.34. The number of halogens is 1. The van der Waals surface area contributed by atoms with E-state index in [2.05, 4.69) is 15.6 Å². The molecule has 4 N–H and O–H groups in total. The lowest BCUT2D eigenvalue weighted by Crippen LogP contribution is -2.17. The number of unbranched alkanes of at least 4 members (excludes halogenated alkanes) is 1. The summed E-state index contributed by atoms with van der Waals surface area (Å²) in [5.41, 5.74) is 7.64. The number of methoxy groups -OCH3 is 1. The van der Waals surface area contributed by atoms with Gasteiger partial charge in [0.2, 0.25) is 0 Å². The molecule has 0 radical (unpaired) electrons. The molecule has 1 heterocycles. The van der Waals surface area contributed by atoms with Gasteiger partial charge < -0.3 is 25.6 Å². The number of carbonyl (C=O) groups is 2. The summed E-state index contributed by atoms with van der Waals surface area (Å²) in [6.07, 6.45) is 4.59. The van der Waals surface area contributed by atoms with Gasteiger partial charge >= 0.3 is 5.97 Å². The average Bonchev–Trinajstić information content (AvgIpc) is 3.03. The van der Waals surface area contributed by atoms with Gasteiger partial charge in [0.15, 0.2) is 0 Å². The summed E-state index contributed by atoms with van der Waals surface area (Å²) in [6.45, 7) is 4.77. The number of amides is 1. The third-order valence-corrected chi connectivity index (χ3v) is 7.87. The van der Waals surface area contributed by atoms with E-state index in [4.69, 9.17) is 14.9 Å². The molecule has 45 heavy (non-hydrogen) atoms. The summed E-state index contributed by atoms with van der Waals surface area (Å²) >= 11 is 0. The number of benzene rings is 3. The van der Waals surface area contributed by atoms with Crippen molar-refractivity contribution in [3.8, 4) is 28.0 Å². The second-order valence-corrected chi connectivity index (χ2v) is 11.0. The van der Waals surface area contributed by atoms with Crippen LogP contribution < -0.4 is 15.4 Å². The summed E-state index contributed by atoms with van der Waals surface area (Å²) in [6, 6.07) is 18.5. The van der Waals surface area contributed by atoms with Gasteiger partial charge in [0.1, 0.15) is 17.3 Å². The van der Waals surface area contributed by atoms with E-state index in [1.165, 1.54) is 13.2 Å². The predicted octanol–water partition coefficient (Wildman–Crippen LogP) is 6.70. The fourth-order valence-electron chi connectivity index (χ4n) is 5.34. The van der Waals surface area contributed by atoms with Crippen molar-refractivity contribution < 1.29 is 28.9 Å². The molecule has 0 atom stereocenters. The van der Waals surface area contributed by atoms with Crippen LogP contribution in [0.15, 0.2) is 66.9 Å². The Labute approximate surface area is 263 Å². The number of ether oxygens (including phenoxy) is 1. The Bertz CT molecular complexity index is 1640. The zero-order valence-electron chi connectivity index (χ0n) is 26.0. The number of carboxylic acids is 1. The number of aromatic nitrogens is 1. The first-order valence-corrected chi connectivity index (χ1v) is 15.1. The van der Waals surface area contributed by atoms with Crippen LogP contribution in [0.2, 0.25) is 0 Å². The lowest BCUT2D eigenvalue weighted by Gasteiger charge is -2.18. The van der Waals surface area contributed by atoms with Gasteiger partial charge in [-0.15, -0.1) is 0 Å². The van der Waals surface area contributed by atoms with E-state index >= 15 is 4.39 Å². The lowest BCUT2D eigenvalue weighted by atomic mass is 9.90. The van der Waals surface area contributed by atoms with Crippen LogP contribution in [0.25, 0.3) is 22.3 Å². The number of hydrogen-bond acceptors (Lipinski definition) is 6. The highest BCUT2D eigenvalue weighted by molar-refractivity contribution is 6.03. The Morgan fingerprint density at radius 2 is 1.67 bits per heavy atom. The molecule has 4 aromatic rings. The van der Waals surface area contributed by atoms with Crippen molar-refractivity contribution in [2.24, 2.45) is 0 Å². The van der Waals surface area contributed by atoms with Gasteiger partial charge in [-0.1, -0.05) is 36.4 Å². The Kier molecular flexibility index (Phi) is 11.8. The number of pyridine rings is 1. The molecule has 1 aromatic heterocycles. The maximum atomic E-state index is 15.4. The molecule has 0 aliphatic rings. The largest absolute Gasteiger partial charge is 0.496 e. The second-order valence-electron chi connectivity index (χ2n) is 11.0. The molecule has 236 valence electrons. The molecule has 0 saturated carbocycles. The van der Waals surface area contributed by atoms with Crippen LogP contribution >= 0.6 is 0 Å². The van der Waals surface area contributed by atoms with Crippen LogP contribution in [0.3, 0.4) is 0 Å². The number of carbonyl (C=O) groups excluding carboxylic acids is 1. The number of nitrogens with one attached hydrogen (secondary N) is 2. The van der Waals surface area contributed by atoms with E-state index in [0.29, 0.717) is 41.2 Å². The molecule has 8 nitrogen and oxygen atoms in total. The summed E-state index contributed by atoms with van der Waals surface area (Å²) in [5, 5.41) is 23.9. The predicted molar refractivity (Wildman–Crippen MR) is 174 cm³/mol. The molecule has 3 aromatic carbocycles. The Morgan fingerprint density at radius 3 is 2.36 bits per heavy atom. The van der Waals surface area contributed by atoms with E-state index in [9.17, 15) is 9.59 Å². The first kappa shape index (κ1) is 33.3. The van der Waals surface area contributed by atoms with E-state index < -0.39 is 11.8 Å². The highest BCUT2D eigenvalue weighted by atomic mass is 19.1. The van der Waals surface area contributed by atoms with E-state index in [1.54, 1.807) is 12.3 Å². The Hall–Kier alpha value is -4.60. The first-order valence-electron chi connectivity index (χ1n) is 15.1. The number of aliphatic hydroxyl groups is 1. The second kappa shape index (κ2) is 15.9. The zero-order chi connectivity index (χ0) is 32.3. The van der Waals surface area contributed by atoms with Gasteiger partial charge in [0.05, 0.1) is 7.11 Å². The Balaban J connectivity index is 1.55. The monoisotopic (exact) mass is 613 g/mol. The van der Waals surface area contributed by atoms with Gasteiger partial charge in [-0.2, -0.15) is 0 Å². The van der Waals surface area contributed by atoms with Gasteiger partial charge in [0.25, 0.3) is 5.91 Å². The van der Waals surface area contributed by atoms with Crippen molar-refractivity contribution in [3.63, 3.8) is 0 Å². The highest BCUT2D eigenvalue weighted by Gasteiger charge is 2.17. The van der Waals surface area contributed by atoms with E-state index in [-0.39, 0.29) is 25.5 Å². The summed E-state index contributed by atoms with van der Waals surface area (Å²) in [5.74, 6) is -1.17. The van der Waals surface area contributed by atoms with Gasteiger partial charge in [-0.25, -0.2) is 4.39 Å². The third-order valence-electron chi connectivity index (χ3n) is 7.87. The molecule has 0 aliphatic heterocycles. The quantitative estimate of drug-likeness (QED) is 0.110. The maximum Gasteiger partial charge on any atom is 0.303 e. The molecular formula is C36H40FN3O5. The van der Waals surface area contributed by atoms with Crippen molar-refractivity contribution in [1.29, 1.82) is 0 Å². The zero-order valence-corrected chi connectivity index (χ0v) is 26.0. The van der Waals surface area contributed by atoms with Gasteiger partial charge in [-0.3, -0.25) is 14.6 Å². The van der Waals surface area contributed by atoms with Crippen molar-refractivity contribution in [2.45, 2.75) is 52.5 Å². The minimum Gasteiger partial charge on any atom is -0.496 e. The standard InChI is InChI=1S/C36H40FN3O5/c1-23-27(26-19-31(37)30(34(20-26)45-3)22-38-17-8-14-35(42)43)10-6-11-28(23)29-12-7-13-32(24(29)2)40-36(44)33-16-15-25(21-39-33)9-4-5-18-41/h6-7,10-13,15-16,19-21,38,41H,4-5,8-9,14,17-18,22H2,1-3H3,(H,40,44)(H,42,43). The average molecular weight is 614 g/mol. The summed E-state index contributed by atoms with van der Waals surface area (Å²) in [7, 11) is 1.50. The van der Waals surface area contributed by atoms with Crippen LogP contribution in [0.5, 0.6) is 5.75 Å². The number of aryl methyl sites for hydroxylation is 1. The molecule has 0 spiro atoms. The minimum absolute atomic E-state index is 0.0498. The summed E-state index contributed by atoms with van der Waals surface area (Å²) < 4.78 is 20.9. The number of aliphatic carboxylic acids is 1. The molecule has 0 fully saturated rings. The SMILES string of the molecule is COc1cc(-c2cccc(-c3cccc(NC(=O)c4ccc(CCCCO)cn4)c3C)c2C)cc(F)c1CNCCCC(=O)O. The number of aliphatic hydroxyl groups excluding tert-OH is 1. The van der Waals surface area contributed by atoms with Crippen LogP contribution in [-0.2, 0) is 17.8 Å². The Morgan fingerprint density at radius 1 is 0.933 bits per heavy atom. The molecule has 0 unspecified atom stereocenters. The van der Waals surface area contributed by atoms with Gasteiger partial charge in [0, 0.05) is 37.0 Å². The number of anilines is 1. The first-order chi connectivity index (χ1) is 21.7. The fraction of sp³-hybridized carbons (Fsp3) is 0.306. The molecular weight excluding hydrogens is 573 g/mol. The molecule has 0 aliphatic carbocycles. The highest BCUT2D eigenvalue weighted by Crippen LogP contribution is 2.37. The number of carboxylic acid groups (broad SMARTS) is 1. The van der Waals surface area contributed by atoms with Crippen molar-refractivity contribution in [3.05, 3.63) is 101 Å². The van der Waals surface area contributed by atoms with E-state index in [1.807, 2.05) is 62.4 Å². The van der Waals surface area contributed by atoms with Crippen molar-refractivity contribution >= 4 is 17.6 Å². The normalized spacial score (nSPS) is 11.0. The van der Waals surface area contributed by atoms with Crippen LogP contribution in [0.1, 0.15) is 58.4 Å². The number of nitrogens with zero attached hydrogens (tertiary/aromatic N) is 1. The van der Waals surface area contributed by atoms with Crippen LogP contribution in [0.4, 0.5) is 10.1 Å². The lowest BCUT2D eigenvalue weighted by molar-refractivity contribution is -0.137. The van der Waals surface area contributed by atoms with Crippen molar-refractivity contribution in [1.82, 2.24) is 10.3 Å². The summed E-state index contributed by atoms with van der Waals surface area (Å²) in [4.78, 5) is 28.1. The van der Waals surface area contributed by atoms with Crippen molar-refractivity contribution in [2.75, 3.05) is 25.6 Å². The molecule has 9 heteroatoms. The van der Waals surface area contributed by atoms with Gasteiger partial charge in [-0.05, 0) is 109 Å². The molecule has 1 amide bonds. The smallest absolute Gasteiger partial charge is 0.303 e. The molecule has 0 saturated heterocycles. The number of rotatable bonds is 15. The van der Waals surface area contributed by atoms with Crippen LogP contribution in [-0.4, -0.2) is 47.3 Å². The topological polar surface area (TPSA) is 121 Å². The molecule has 0 bridgehead atoms. The van der Waals surface area contributed by atoms with Crippen LogP contribution in [0, 0.1) is 19.7 Å². The molecule has 4 rings (SSSR count). The minimum atomic E-state index is -0.862. The number of hydrogen-bond donors (Lipinski definition) is 4. The van der Waals surface area contributed by atoms with E-state index in [0.717, 1.165) is 52.6 Å². The third kappa shape index (κ3) is 8.53.